The zero-order valence-corrected chi connectivity index (χ0v) is 9.33. The van der Waals surface area contributed by atoms with Crippen molar-refractivity contribution in [1.29, 1.82) is 0 Å². The zero-order valence-electron chi connectivity index (χ0n) is 9.33. The molecular formula is C12H18N2. The van der Waals surface area contributed by atoms with Gasteiger partial charge in [-0.3, -0.25) is 5.10 Å². The summed E-state index contributed by atoms with van der Waals surface area (Å²) in [4.78, 5) is 0. The smallest absolute Gasteiger partial charge is 0.0562 e. The fourth-order valence-corrected chi connectivity index (χ4v) is 1.34. The Morgan fingerprint density at radius 1 is 1.50 bits per heavy atom. The molecule has 0 spiro atoms. The number of aryl methyl sites for hydroxylation is 1. The molecule has 0 unspecified atom stereocenters. The molecule has 0 aliphatic rings. The van der Waals surface area contributed by atoms with E-state index >= 15 is 0 Å². The van der Waals surface area contributed by atoms with Gasteiger partial charge in [-0.15, -0.1) is 0 Å². The van der Waals surface area contributed by atoms with Crippen LogP contribution in [0.4, 0.5) is 0 Å². The van der Waals surface area contributed by atoms with Crippen molar-refractivity contribution in [3.05, 3.63) is 35.2 Å². The summed E-state index contributed by atoms with van der Waals surface area (Å²) in [6.45, 7) is 8.49. The first-order chi connectivity index (χ1) is 6.65. The highest BCUT2D eigenvalue weighted by atomic mass is 15.1. The second-order valence-corrected chi connectivity index (χ2v) is 3.73. The highest BCUT2D eigenvalue weighted by Gasteiger charge is 1.98. The molecule has 1 aromatic heterocycles. The number of aromatic amines is 1. The molecule has 0 aromatic carbocycles. The second kappa shape index (κ2) is 4.80. The van der Waals surface area contributed by atoms with Gasteiger partial charge in [0.2, 0.25) is 0 Å². The molecule has 76 valence electrons. The number of nitrogens with zero attached hydrogens (tertiary/aromatic N) is 1. The zero-order chi connectivity index (χ0) is 10.6. The van der Waals surface area contributed by atoms with Gasteiger partial charge in [-0.1, -0.05) is 32.1 Å². The molecule has 1 N–H and O–H groups in total. The van der Waals surface area contributed by atoms with Crippen molar-refractivity contribution >= 4 is 6.08 Å². The minimum atomic E-state index is 0.573. The van der Waals surface area contributed by atoms with Gasteiger partial charge in [0.1, 0.15) is 0 Å². The van der Waals surface area contributed by atoms with Crippen molar-refractivity contribution in [3.8, 4) is 0 Å². The Morgan fingerprint density at radius 2 is 2.21 bits per heavy atom. The summed E-state index contributed by atoms with van der Waals surface area (Å²) in [5, 5.41) is 6.89. The third kappa shape index (κ3) is 2.59. The molecular weight excluding hydrogens is 172 g/mol. The number of aromatic nitrogens is 2. The molecule has 0 saturated carbocycles. The number of allylic oxidation sites excluding steroid dienone is 3. The van der Waals surface area contributed by atoms with Crippen LogP contribution in [-0.4, -0.2) is 10.2 Å². The van der Waals surface area contributed by atoms with Crippen molar-refractivity contribution in [1.82, 2.24) is 10.2 Å². The van der Waals surface area contributed by atoms with Crippen LogP contribution in [0.1, 0.15) is 32.0 Å². The molecule has 0 saturated heterocycles. The summed E-state index contributed by atoms with van der Waals surface area (Å²) in [5.41, 5.74) is 3.62. The number of rotatable bonds is 3. The van der Waals surface area contributed by atoms with Gasteiger partial charge < -0.3 is 0 Å². The summed E-state index contributed by atoms with van der Waals surface area (Å²) in [5.74, 6) is 0.573. The number of hydrogen-bond donors (Lipinski definition) is 1. The van der Waals surface area contributed by atoms with Crippen molar-refractivity contribution in [2.75, 3.05) is 0 Å². The minimum absolute atomic E-state index is 0.573. The monoisotopic (exact) mass is 190 g/mol. The van der Waals surface area contributed by atoms with Crippen LogP contribution in [0.2, 0.25) is 0 Å². The quantitative estimate of drug-likeness (QED) is 0.728. The normalized spacial score (nSPS) is 13.1. The molecule has 0 amide bonds. The van der Waals surface area contributed by atoms with E-state index in [1.54, 1.807) is 0 Å². The van der Waals surface area contributed by atoms with E-state index in [9.17, 15) is 0 Å². The standard InChI is InChI=1S/C12H18N2/c1-5-11(9(2)3)6-7-12-8-13-14-10(12)4/h5-9H,1-4H3,(H,13,14)/b7-6-,11-5+. The van der Waals surface area contributed by atoms with Crippen LogP contribution >= 0.6 is 0 Å². The minimum Gasteiger partial charge on any atom is -0.282 e. The lowest BCUT2D eigenvalue weighted by Gasteiger charge is -2.04. The molecule has 0 aliphatic heterocycles. The summed E-state index contributed by atoms with van der Waals surface area (Å²) in [7, 11) is 0. The fourth-order valence-electron chi connectivity index (χ4n) is 1.34. The molecule has 14 heavy (non-hydrogen) atoms. The Balaban J connectivity index is 2.78. The van der Waals surface area contributed by atoms with Gasteiger partial charge in [-0.25, -0.2) is 0 Å². The summed E-state index contributed by atoms with van der Waals surface area (Å²) >= 11 is 0. The summed E-state index contributed by atoms with van der Waals surface area (Å²) < 4.78 is 0. The Hall–Kier alpha value is -1.31. The maximum atomic E-state index is 3.97. The topological polar surface area (TPSA) is 28.7 Å². The molecule has 1 rings (SSSR count). The van der Waals surface area contributed by atoms with Crippen LogP contribution in [0.5, 0.6) is 0 Å². The SMILES string of the molecule is C/C=C(\C=C/c1cn[nH]c1C)C(C)C. The van der Waals surface area contributed by atoms with E-state index in [-0.39, 0.29) is 0 Å². The van der Waals surface area contributed by atoms with Gasteiger partial charge in [0.15, 0.2) is 0 Å². The van der Waals surface area contributed by atoms with E-state index in [0.29, 0.717) is 5.92 Å². The van der Waals surface area contributed by atoms with Crippen molar-refractivity contribution in [2.45, 2.75) is 27.7 Å². The molecule has 1 heterocycles. The van der Waals surface area contributed by atoms with Crippen molar-refractivity contribution < 1.29 is 0 Å². The summed E-state index contributed by atoms with van der Waals surface area (Å²) in [6, 6.07) is 0. The summed E-state index contributed by atoms with van der Waals surface area (Å²) in [6.07, 6.45) is 8.26. The molecule has 0 bridgehead atoms. The van der Waals surface area contributed by atoms with E-state index in [0.717, 1.165) is 11.3 Å². The van der Waals surface area contributed by atoms with Crippen LogP contribution in [-0.2, 0) is 0 Å². The third-order valence-corrected chi connectivity index (χ3v) is 2.32. The number of nitrogens with one attached hydrogen (secondary N) is 1. The van der Waals surface area contributed by atoms with Gasteiger partial charge in [0, 0.05) is 11.3 Å². The van der Waals surface area contributed by atoms with E-state index in [1.807, 2.05) is 13.1 Å². The fraction of sp³-hybridized carbons (Fsp3) is 0.417. The first kappa shape index (κ1) is 10.8. The Morgan fingerprint density at radius 3 is 2.64 bits per heavy atom. The van der Waals surface area contributed by atoms with Gasteiger partial charge in [0.25, 0.3) is 0 Å². The Bertz CT molecular complexity index is 343. The molecule has 1 aromatic rings. The maximum Gasteiger partial charge on any atom is 0.0562 e. The predicted octanol–water partition coefficient (Wildman–Crippen LogP) is 3.33. The van der Waals surface area contributed by atoms with Crippen LogP contribution < -0.4 is 0 Å². The van der Waals surface area contributed by atoms with Gasteiger partial charge in [-0.2, -0.15) is 5.10 Å². The van der Waals surface area contributed by atoms with Gasteiger partial charge in [-0.05, 0) is 25.3 Å². The molecule has 0 radical (unpaired) electrons. The van der Waals surface area contributed by atoms with Crippen molar-refractivity contribution in [3.63, 3.8) is 0 Å². The van der Waals surface area contributed by atoms with E-state index in [2.05, 4.69) is 49.2 Å². The number of hydrogen-bond acceptors (Lipinski definition) is 1. The third-order valence-electron chi connectivity index (χ3n) is 2.32. The largest absolute Gasteiger partial charge is 0.282 e. The lowest BCUT2D eigenvalue weighted by atomic mass is 10.0. The second-order valence-electron chi connectivity index (χ2n) is 3.73. The van der Waals surface area contributed by atoms with E-state index in [4.69, 9.17) is 0 Å². The average Bonchev–Trinajstić information content (AvgIpc) is 2.52. The van der Waals surface area contributed by atoms with E-state index < -0.39 is 0 Å². The van der Waals surface area contributed by atoms with Crippen LogP contribution in [0.3, 0.4) is 0 Å². The van der Waals surface area contributed by atoms with Crippen LogP contribution in [0.15, 0.2) is 23.9 Å². The highest BCUT2D eigenvalue weighted by molar-refractivity contribution is 5.54. The van der Waals surface area contributed by atoms with Crippen LogP contribution in [0, 0.1) is 12.8 Å². The Kier molecular flexibility index (Phi) is 3.69. The molecule has 2 heteroatoms. The predicted molar refractivity (Wildman–Crippen MR) is 61.0 cm³/mol. The molecule has 0 atom stereocenters. The molecule has 2 nitrogen and oxygen atoms in total. The lowest BCUT2D eigenvalue weighted by molar-refractivity contribution is 0.790. The maximum absolute atomic E-state index is 3.97. The van der Waals surface area contributed by atoms with Crippen molar-refractivity contribution in [2.24, 2.45) is 5.92 Å². The van der Waals surface area contributed by atoms with Crippen LogP contribution in [0.25, 0.3) is 6.08 Å². The molecule has 0 aliphatic carbocycles. The Labute approximate surface area is 85.7 Å². The first-order valence-electron chi connectivity index (χ1n) is 4.99. The van der Waals surface area contributed by atoms with Gasteiger partial charge >= 0.3 is 0 Å². The number of H-pyrrole nitrogens is 1. The first-order valence-corrected chi connectivity index (χ1v) is 4.99. The van der Waals surface area contributed by atoms with Gasteiger partial charge in [0.05, 0.1) is 6.20 Å². The average molecular weight is 190 g/mol. The lowest BCUT2D eigenvalue weighted by Crippen LogP contribution is -1.89. The van der Waals surface area contributed by atoms with E-state index in [1.165, 1.54) is 5.57 Å². The highest BCUT2D eigenvalue weighted by Crippen LogP contribution is 2.13. The molecule has 0 fully saturated rings.